The maximum Gasteiger partial charge on any atom is 0.235 e. The highest BCUT2D eigenvalue weighted by molar-refractivity contribution is 9.12. The van der Waals surface area contributed by atoms with Crippen LogP contribution in [0.4, 0.5) is 0 Å². The van der Waals surface area contributed by atoms with Crippen molar-refractivity contribution in [3.8, 4) is 29.3 Å². The second-order valence-corrected chi connectivity index (χ2v) is 63.2. The van der Waals surface area contributed by atoms with E-state index in [1.54, 1.807) is 20.1 Å². The first-order valence-electron chi connectivity index (χ1n) is 35.4. The molecule has 18 heteroatoms. The average molecular weight is 1820 g/mol. The van der Waals surface area contributed by atoms with Crippen LogP contribution in [0.1, 0.15) is 250 Å². The van der Waals surface area contributed by atoms with Gasteiger partial charge in [-0.05, 0) is 224 Å². The second-order valence-electron chi connectivity index (χ2n) is 29.9. The molecular weight excluding hydrogens is 1700 g/mol. The van der Waals surface area contributed by atoms with E-state index in [1.165, 1.54) is 230 Å². The Kier molecular flexibility index (Phi) is 36.2. The van der Waals surface area contributed by atoms with Crippen LogP contribution in [0.25, 0.3) is 29.3 Å². The fourth-order valence-corrected chi connectivity index (χ4v) is 36.8. The Morgan fingerprint density at radius 3 is 0.685 bits per heavy atom. The van der Waals surface area contributed by atoms with Crippen LogP contribution >= 0.6 is 164 Å². The average Bonchev–Trinajstić information content (AvgIpc) is 1.56. The number of hydrogen-bond donors (Lipinski definition) is 0. The van der Waals surface area contributed by atoms with E-state index in [0.717, 1.165) is 59.4 Å². The zero-order valence-corrected chi connectivity index (χ0v) is 78.2. The number of thiophene rings is 6. The Labute approximate surface area is 639 Å². The summed E-state index contributed by atoms with van der Waals surface area (Å²) in [7, 11) is -6.07. The smallest absolute Gasteiger partial charge is 0.235 e. The van der Waals surface area contributed by atoms with Gasteiger partial charge in [-0.15, -0.1) is 68.0 Å². The summed E-state index contributed by atoms with van der Waals surface area (Å²) in [6.45, 7) is 43.0. The van der Waals surface area contributed by atoms with Crippen molar-refractivity contribution in [3.05, 3.63) is 70.0 Å². The summed E-state index contributed by atoms with van der Waals surface area (Å²) in [4.78, 5) is 35.3. The van der Waals surface area contributed by atoms with Crippen molar-refractivity contribution in [1.82, 2.24) is 0 Å². The molecule has 0 spiro atoms. The monoisotopic (exact) mass is 1810 g/mol. The summed E-state index contributed by atoms with van der Waals surface area (Å²) in [6.07, 6.45) is 37.2. The van der Waals surface area contributed by atoms with Crippen LogP contribution < -0.4 is 18.0 Å². The Bertz CT molecular complexity index is 3100. The van der Waals surface area contributed by atoms with Gasteiger partial charge in [-0.1, -0.05) is 236 Å². The fraction of sp³-hybridized carbons (Fsp3) is 0.649. The molecule has 516 valence electrons. The van der Waals surface area contributed by atoms with E-state index in [0.29, 0.717) is 0 Å². The quantitative estimate of drug-likeness (QED) is 0.0223. The van der Waals surface area contributed by atoms with Gasteiger partial charge in [-0.3, -0.25) is 9.59 Å². The molecular formula is C74H114Br6O2S6Si4. The molecule has 6 aromatic heterocycles. The van der Waals surface area contributed by atoms with Gasteiger partial charge in [0.15, 0.2) is 0 Å². The van der Waals surface area contributed by atoms with Crippen molar-refractivity contribution >= 4 is 225 Å². The summed E-state index contributed by atoms with van der Waals surface area (Å²) in [5.74, 6) is -0.438. The number of rotatable bonds is 36. The number of hydrogen-bond acceptors (Lipinski definition) is 8. The highest BCUT2D eigenvalue weighted by atomic mass is 79.9. The van der Waals surface area contributed by atoms with E-state index in [1.807, 2.05) is 45.3 Å². The van der Waals surface area contributed by atoms with Crippen molar-refractivity contribution < 1.29 is 9.59 Å². The zero-order valence-electron chi connectivity index (χ0n) is 59.7. The molecule has 0 saturated heterocycles. The number of fused-ring (bicyclic) bond motifs is 3. The van der Waals surface area contributed by atoms with Crippen LogP contribution in [0, 0.1) is 0 Å². The molecule has 0 aliphatic heterocycles. The van der Waals surface area contributed by atoms with E-state index < -0.39 is 32.3 Å². The molecule has 0 saturated carbocycles. The maximum absolute atomic E-state index is 13.7. The van der Waals surface area contributed by atoms with Gasteiger partial charge in [0.1, 0.15) is 0 Å². The number of unbranched alkanes of at least 4 members (excludes halogenated alkanes) is 18. The molecule has 0 N–H and O–H groups in total. The van der Waals surface area contributed by atoms with Crippen LogP contribution in [-0.2, 0) is 38.5 Å². The van der Waals surface area contributed by atoms with Crippen molar-refractivity contribution in [2.75, 3.05) is 0 Å². The molecule has 0 amide bonds. The first-order valence-corrected chi connectivity index (χ1v) is 59.0. The third-order valence-corrected chi connectivity index (χ3v) is 45.8. The summed E-state index contributed by atoms with van der Waals surface area (Å²) in [5, 5.41) is 0. The Hall–Kier alpha value is 1.29. The molecule has 1 aliphatic carbocycles. The van der Waals surface area contributed by atoms with Crippen molar-refractivity contribution in [1.29, 1.82) is 0 Å². The Morgan fingerprint density at radius 1 is 0.250 bits per heavy atom. The molecule has 0 radical (unpaired) electrons. The molecule has 2 nitrogen and oxygen atoms in total. The lowest BCUT2D eigenvalue weighted by Crippen LogP contribution is -2.38. The van der Waals surface area contributed by atoms with E-state index in [9.17, 15) is 9.59 Å². The molecule has 1 aliphatic rings. The molecule has 92 heavy (non-hydrogen) atoms. The Morgan fingerprint density at radius 2 is 0.446 bits per heavy atom. The highest BCUT2D eigenvalue weighted by Crippen LogP contribution is 2.53. The third kappa shape index (κ3) is 22.6. The minimum atomic E-state index is -1.64. The number of Topliss-reactive ketones (excluding diaryl/α,β-unsaturated/α-hetero) is 2. The van der Waals surface area contributed by atoms with Gasteiger partial charge in [-0.2, -0.15) is 0 Å². The minimum absolute atomic E-state index is 0.219. The van der Waals surface area contributed by atoms with Crippen LogP contribution in [0.2, 0.25) is 78.6 Å². The predicted octanol–water partition coefficient (Wildman–Crippen LogP) is 29.3. The van der Waals surface area contributed by atoms with Crippen LogP contribution in [0.5, 0.6) is 0 Å². The molecule has 6 aromatic rings. The van der Waals surface area contributed by atoms with E-state index in [4.69, 9.17) is 0 Å². The lowest BCUT2D eigenvalue weighted by molar-refractivity contribution is 0.0815. The van der Waals surface area contributed by atoms with E-state index in [2.05, 4.69) is 238 Å². The maximum atomic E-state index is 13.7. The fourth-order valence-electron chi connectivity index (χ4n) is 12.4. The molecule has 6 heterocycles. The lowest BCUT2D eigenvalue weighted by Gasteiger charge is -2.19. The van der Waals surface area contributed by atoms with Crippen LogP contribution in [0.3, 0.4) is 0 Å². The molecule has 0 atom stereocenters. The van der Waals surface area contributed by atoms with Crippen molar-refractivity contribution in [2.24, 2.45) is 0 Å². The molecule has 0 unspecified atom stereocenters. The second kappa shape index (κ2) is 39.6. The molecule has 7 rings (SSSR count). The molecule has 0 aromatic carbocycles. The molecule has 0 fully saturated rings. The Balaban J connectivity index is 0.000000253. The van der Waals surface area contributed by atoms with Gasteiger partial charge < -0.3 is 0 Å². The van der Waals surface area contributed by atoms with Gasteiger partial charge in [0.05, 0.1) is 69.1 Å². The van der Waals surface area contributed by atoms with Crippen molar-refractivity contribution in [3.63, 3.8) is 0 Å². The third-order valence-electron chi connectivity index (χ3n) is 17.4. The minimum Gasteiger partial charge on any atom is -0.285 e. The normalized spacial score (nSPS) is 12.8. The van der Waals surface area contributed by atoms with Gasteiger partial charge >= 0.3 is 0 Å². The highest BCUT2D eigenvalue weighted by Gasteiger charge is 2.43. The standard InChI is InChI=1S/C28H44O2S2Si2.C26H44Br2S2Si2.C20H26Br4S2/c1-9-11-13-15-17-19-21-23(29)24(30)22-20(18-16-14-12-10-2)28(34(6,7)8)32-26(22)25(21)31-27(19)33(3,4)5;1-9-11-13-15-17-19-21(27)23(29-25(19)31(3,4)5)24-22(28)20(18-16-14-12-10-2)26(30-24)32(6,7)8;1-3-5-7-9-11-13-15(21)17(25-19(13)23)18-16(22)14(20(24)26-18)12-10-8-6-4-2/h9-18H2,1-8H3;9-18H2,1-8H3;3-12H2,1-2H3. The lowest BCUT2D eigenvalue weighted by atomic mass is 9.88. The van der Waals surface area contributed by atoms with E-state index in [-0.39, 0.29) is 11.6 Å². The topological polar surface area (TPSA) is 34.1 Å². The predicted molar refractivity (Wildman–Crippen MR) is 457 cm³/mol. The van der Waals surface area contributed by atoms with Gasteiger partial charge in [0, 0.05) is 29.0 Å². The molecule has 0 bridgehead atoms. The van der Waals surface area contributed by atoms with Crippen LogP contribution in [0.15, 0.2) is 25.5 Å². The van der Waals surface area contributed by atoms with E-state index >= 15 is 0 Å². The number of carbonyl (C=O) groups excluding carboxylic acids is 2. The summed E-state index contributed by atoms with van der Waals surface area (Å²) in [5.41, 5.74) is 10.1. The number of carbonyl (C=O) groups is 2. The summed E-state index contributed by atoms with van der Waals surface area (Å²) in [6, 6.07) is 0. The first-order chi connectivity index (χ1) is 43.4. The SMILES string of the molecule is CCCCCCc1c(Br)sc(-c2sc(Br)c(CCCCCC)c2Br)c1Br.CCCCCCc1c([Si](C)(C)C)sc(-c2sc([Si](C)(C)C)c(CCCCCC)c2Br)c1Br.CCCCCCc1c([Si](C)(C)C)sc2c1C(=O)C(=O)c1c-2sc([Si](C)(C)C)c1CCCCCC. The van der Waals surface area contributed by atoms with Crippen molar-refractivity contribution in [2.45, 2.75) is 313 Å². The van der Waals surface area contributed by atoms with Gasteiger partial charge in [-0.25, -0.2) is 0 Å². The van der Waals surface area contributed by atoms with Crippen LogP contribution in [-0.4, -0.2) is 43.9 Å². The van der Waals surface area contributed by atoms with Gasteiger partial charge in [0.25, 0.3) is 0 Å². The zero-order chi connectivity index (χ0) is 68.5. The number of ketones is 2. The van der Waals surface area contributed by atoms with Gasteiger partial charge in [0.2, 0.25) is 11.6 Å². The largest absolute Gasteiger partial charge is 0.285 e. The summed E-state index contributed by atoms with van der Waals surface area (Å²) < 4.78 is 14.2. The first kappa shape index (κ1) is 83.9. The summed E-state index contributed by atoms with van der Waals surface area (Å²) >= 11 is 35.3. The number of halogens is 6.